The molecule has 12 heteroatoms. The summed E-state index contributed by atoms with van der Waals surface area (Å²) in [5.41, 5.74) is 1.32. The molecule has 0 radical (unpaired) electrons. The molecule has 0 amide bonds. The summed E-state index contributed by atoms with van der Waals surface area (Å²) in [6.45, 7) is -0.507. The molecule has 1 aromatic carbocycles. The molecule has 33 heavy (non-hydrogen) atoms. The van der Waals surface area contributed by atoms with Crippen molar-refractivity contribution in [2.75, 3.05) is 31.0 Å². The minimum Gasteiger partial charge on any atom is -0.494 e. The van der Waals surface area contributed by atoms with Crippen molar-refractivity contribution >= 4 is 17.5 Å². The average molecular weight is 461 g/mol. The Bertz CT molecular complexity index is 1160. The fourth-order valence-electron chi connectivity index (χ4n) is 3.84. The van der Waals surface area contributed by atoms with Gasteiger partial charge in [-0.25, -0.2) is 14.6 Å². The van der Waals surface area contributed by atoms with Gasteiger partial charge in [0.1, 0.15) is 24.4 Å². The Labute approximate surface area is 187 Å². The van der Waals surface area contributed by atoms with Crippen molar-refractivity contribution in [2.45, 2.75) is 37.4 Å². The largest absolute Gasteiger partial charge is 0.494 e. The molecule has 2 aromatic heterocycles. The molecular weight excluding hydrogens is 439 g/mol. The first-order valence-electron chi connectivity index (χ1n) is 10.5. The monoisotopic (exact) mass is 461 g/mol. The molecule has 2 aliphatic rings. The van der Waals surface area contributed by atoms with Gasteiger partial charge in [-0.1, -0.05) is 6.42 Å². The van der Waals surface area contributed by atoms with Crippen molar-refractivity contribution in [1.82, 2.24) is 24.7 Å². The van der Waals surface area contributed by atoms with Crippen LogP contribution in [0.1, 0.15) is 31.0 Å². The highest BCUT2D eigenvalue weighted by Gasteiger charge is 2.46. The van der Waals surface area contributed by atoms with Crippen molar-refractivity contribution < 1.29 is 22.6 Å². The molecule has 3 heterocycles. The Hall–Kier alpha value is -3.57. The molecule has 3 aromatic rings. The second kappa shape index (κ2) is 8.09. The molecule has 1 N–H and O–H groups in total. The van der Waals surface area contributed by atoms with E-state index < -0.39 is 18.8 Å². The van der Waals surface area contributed by atoms with E-state index in [1.807, 2.05) is 6.07 Å². The summed E-state index contributed by atoms with van der Waals surface area (Å²) in [6.07, 6.45) is 2.00. The van der Waals surface area contributed by atoms with Crippen molar-refractivity contribution in [3.05, 3.63) is 36.5 Å². The van der Waals surface area contributed by atoms with Crippen LogP contribution in [0.4, 0.5) is 30.6 Å². The van der Waals surface area contributed by atoms with Gasteiger partial charge in [-0.05, 0) is 25.0 Å². The van der Waals surface area contributed by atoms with Gasteiger partial charge in [0.05, 0.1) is 13.3 Å². The number of anilines is 3. The number of nitrogens with one attached hydrogen (secondary N) is 1. The summed E-state index contributed by atoms with van der Waals surface area (Å²) in [7, 11) is 2.88. The number of ether oxygens (including phenoxy) is 2. The molecule has 9 nitrogen and oxygen atoms in total. The number of alkyl halides is 3. The van der Waals surface area contributed by atoms with Crippen molar-refractivity contribution in [3.8, 4) is 17.2 Å². The molecule has 1 aliphatic heterocycles. The molecule has 1 aliphatic carbocycles. The number of rotatable bonds is 5. The molecule has 1 unspecified atom stereocenters. The van der Waals surface area contributed by atoms with Gasteiger partial charge in [0, 0.05) is 24.7 Å². The lowest BCUT2D eigenvalue weighted by Crippen LogP contribution is -2.50. The number of halogens is 3. The molecule has 174 valence electrons. The Morgan fingerprint density at radius 1 is 1.21 bits per heavy atom. The summed E-state index contributed by atoms with van der Waals surface area (Å²) in [4.78, 5) is 13.9. The number of aromatic nitrogens is 5. The van der Waals surface area contributed by atoms with Crippen LogP contribution in [0.15, 0.2) is 30.7 Å². The fourth-order valence-corrected chi connectivity index (χ4v) is 3.84. The van der Waals surface area contributed by atoms with E-state index in [1.54, 1.807) is 30.3 Å². The molecule has 1 saturated carbocycles. The fraction of sp³-hybridized carbons (Fsp3) is 0.429. The van der Waals surface area contributed by atoms with E-state index in [9.17, 15) is 13.2 Å². The quantitative estimate of drug-likeness (QED) is 0.613. The molecule has 0 bridgehead atoms. The Kier molecular flexibility index (Phi) is 5.22. The van der Waals surface area contributed by atoms with Crippen LogP contribution < -0.4 is 19.7 Å². The zero-order valence-corrected chi connectivity index (χ0v) is 18.0. The number of methoxy groups -OCH3 is 1. The lowest BCUT2D eigenvalue weighted by atomic mass is 9.85. The number of nitrogens with zero attached hydrogens (tertiary/aromatic N) is 6. The minimum atomic E-state index is -4.44. The lowest BCUT2D eigenvalue weighted by molar-refractivity contribution is -0.155. The zero-order valence-electron chi connectivity index (χ0n) is 18.0. The van der Waals surface area contributed by atoms with E-state index in [2.05, 4.69) is 25.4 Å². The maximum Gasteiger partial charge on any atom is 0.412 e. The Morgan fingerprint density at radius 2 is 2.03 bits per heavy atom. The Morgan fingerprint density at radius 3 is 2.73 bits per heavy atom. The number of hydrogen-bond acceptors (Lipinski definition) is 8. The van der Waals surface area contributed by atoms with Gasteiger partial charge in [0.25, 0.3) is 0 Å². The van der Waals surface area contributed by atoms with Gasteiger partial charge >= 0.3 is 6.18 Å². The van der Waals surface area contributed by atoms with Crippen LogP contribution in [0.2, 0.25) is 0 Å². The van der Waals surface area contributed by atoms with Crippen LogP contribution in [-0.2, 0) is 0 Å². The van der Waals surface area contributed by atoms with E-state index in [1.165, 1.54) is 19.7 Å². The van der Waals surface area contributed by atoms with Crippen LogP contribution in [0.25, 0.3) is 5.69 Å². The first kappa shape index (κ1) is 21.3. The number of fused-ring (bicyclic) bond motifs is 1. The van der Waals surface area contributed by atoms with Crippen molar-refractivity contribution in [2.24, 2.45) is 0 Å². The molecule has 0 saturated heterocycles. The van der Waals surface area contributed by atoms with Gasteiger partial charge in [-0.3, -0.25) is 0 Å². The van der Waals surface area contributed by atoms with Crippen molar-refractivity contribution in [3.63, 3.8) is 0 Å². The third-order valence-electron chi connectivity index (χ3n) is 5.97. The highest BCUT2D eigenvalue weighted by Crippen LogP contribution is 2.38. The SMILES string of the molecule is COc1cc(Nc2ncc3c(n2)N(C)C(C(F)(F)F)CO3)ccc1-n1cnc(C2CCC2)n1. The van der Waals surface area contributed by atoms with Crippen LogP contribution in [-0.4, -0.2) is 57.7 Å². The standard InChI is InChI=1S/C21H22F3N7O2/c1-30-17(21(22,23)24)10-33-16-9-25-20(28-19(16)30)27-13-6-7-14(15(8-13)32-2)31-11-26-18(29-31)12-4-3-5-12/h6-9,11-12,17H,3-5,10H2,1-2H3,(H,25,27,28). The van der Waals surface area contributed by atoms with E-state index >= 15 is 0 Å². The zero-order chi connectivity index (χ0) is 23.2. The van der Waals surface area contributed by atoms with Gasteiger partial charge < -0.3 is 19.7 Å². The molecule has 1 fully saturated rings. The second-order valence-electron chi connectivity index (χ2n) is 8.05. The summed E-state index contributed by atoms with van der Waals surface area (Å²) < 4.78 is 52.2. The maximum atomic E-state index is 13.3. The van der Waals surface area contributed by atoms with Gasteiger partial charge in [-0.15, -0.1) is 0 Å². The normalized spacial score (nSPS) is 18.3. The number of hydrogen-bond donors (Lipinski definition) is 1. The van der Waals surface area contributed by atoms with E-state index in [0.29, 0.717) is 23.0 Å². The van der Waals surface area contributed by atoms with Gasteiger partial charge in [0.15, 0.2) is 23.4 Å². The van der Waals surface area contributed by atoms with Crippen LogP contribution in [0, 0.1) is 0 Å². The Balaban J connectivity index is 1.38. The first-order chi connectivity index (χ1) is 15.8. The summed E-state index contributed by atoms with van der Waals surface area (Å²) >= 11 is 0. The van der Waals surface area contributed by atoms with Crippen molar-refractivity contribution in [1.29, 1.82) is 0 Å². The summed E-state index contributed by atoms with van der Waals surface area (Å²) in [6, 6.07) is 3.55. The van der Waals surface area contributed by atoms with E-state index in [4.69, 9.17) is 9.47 Å². The topological polar surface area (TPSA) is 90.2 Å². The number of likely N-dealkylation sites (N-methyl/N-ethyl adjacent to an activating group) is 1. The number of benzene rings is 1. The average Bonchev–Trinajstić information content (AvgIpc) is 3.21. The highest BCUT2D eigenvalue weighted by atomic mass is 19.4. The second-order valence-corrected chi connectivity index (χ2v) is 8.05. The highest BCUT2D eigenvalue weighted by molar-refractivity contribution is 5.64. The predicted molar refractivity (Wildman–Crippen MR) is 114 cm³/mol. The third kappa shape index (κ3) is 4.00. The van der Waals surface area contributed by atoms with Gasteiger partial charge in [0.2, 0.25) is 5.95 Å². The van der Waals surface area contributed by atoms with Gasteiger partial charge in [-0.2, -0.15) is 23.3 Å². The van der Waals surface area contributed by atoms with Crippen LogP contribution in [0.3, 0.4) is 0 Å². The molecule has 0 spiro atoms. The van der Waals surface area contributed by atoms with E-state index in [-0.39, 0.29) is 17.5 Å². The minimum absolute atomic E-state index is 0.0656. The first-order valence-corrected chi connectivity index (χ1v) is 10.5. The van der Waals surface area contributed by atoms with E-state index in [0.717, 1.165) is 23.6 Å². The maximum absolute atomic E-state index is 13.3. The third-order valence-corrected chi connectivity index (χ3v) is 5.97. The summed E-state index contributed by atoms with van der Waals surface area (Å²) in [5, 5.41) is 7.59. The van der Waals surface area contributed by atoms with Crippen LogP contribution in [0.5, 0.6) is 11.5 Å². The molecular formula is C21H22F3N7O2. The molecule has 1 atom stereocenters. The lowest BCUT2D eigenvalue weighted by Gasteiger charge is -2.35. The smallest absolute Gasteiger partial charge is 0.412 e. The molecule has 5 rings (SSSR count). The summed E-state index contributed by atoms with van der Waals surface area (Å²) in [5.74, 6) is 2.19. The predicted octanol–water partition coefficient (Wildman–Crippen LogP) is 3.84. The van der Waals surface area contributed by atoms with Crippen LogP contribution >= 0.6 is 0 Å².